The van der Waals surface area contributed by atoms with Gasteiger partial charge >= 0.3 is 0 Å². The van der Waals surface area contributed by atoms with Crippen LogP contribution in [-0.2, 0) is 6.54 Å². The third-order valence-electron chi connectivity index (χ3n) is 3.63. The average molecular weight is 310 g/mol. The number of benzene rings is 1. The van der Waals surface area contributed by atoms with E-state index >= 15 is 0 Å². The Morgan fingerprint density at radius 2 is 2.10 bits per heavy atom. The number of hydrogen-bond donors (Lipinski definition) is 1. The van der Waals surface area contributed by atoms with Gasteiger partial charge in [0.1, 0.15) is 17.3 Å². The molecule has 0 amide bonds. The van der Waals surface area contributed by atoms with E-state index in [9.17, 15) is 0 Å². The molecular formula is C15H17Cl2N3. The molecule has 1 heterocycles. The molecule has 1 fully saturated rings. The minimum Gasteiger partial charge on any atom is -0.383 e. The Morgan fingerprint density at radius 1 is 1.35 bits per heavy atom. The Kier molecular flexibility index (Phi) is 3.65. The molecule has 20 heavy (non-hydrogen) atoms. The summed E-state index contributed by atoms with van der Waals surface area (Å²) in [5.41, 5.74) is 7.88. The fraction of sp³-hybridized carbons (Fsp3) is 0.400. The van der Waals surface area contributed by atoms with Gasteiger partial charge < -0.3 is 10.3 Å². The van der Waals surface area contributed by atoms with Crippen LogP contribution < -0.4 is 5.73 Å². The molecule has 0 saturated heterocycles. The van der Waals surface area contributed by atoms with Crippen molar-refractivity contribution in [1.29, 1.82) is 0 Å². The summed E-state index contributed by atoms with van der Waals surface area (Å²) in [6.07, 6.45) is 3.43. The molecule has 0 aliphatic heterocycles. The van der Waals surface area contributed by atoms with Crippen molar-refractivity contribution in [2.45, 2.75) is 38.6 Å². The zero-order valence-corrected chi connectivity index (χ0v) is 12.9. The number of anilines is 1. The fourth-order valence-corrected chi connectivity index (χ4v) is 2.87. The smallest absolute Gasteiger partial charge is 0.131 e. The second-order valence-corrected chi connectivity index (χ2v) is 6.02. The maximum atomic E-state index is 6.31. The molecule has 5 heteroatoms. The molecular weight excluding hydrogens is 293 g/mol. The number of aromatic nitrogens is 2. The van der Waals surface area contributed by atoms with Crippen molar-refractivity contribution >= 4 is 29.0 Å². The highest BCUT2D eigenvalue weighted by Gasteiger charge is 2.31. The number of halogens is 2. The van der Waals surface area contributed by atoms with Gasteiger partial charge in [-0.1, -0.05) is 42.3 Å². The van der Waals surface area contributed by atoms with Crippen molar-refractivity contribution in [3.05, 3.63) is 34.1 Å². The predicted octanol–water partition coefficient (Wildman–Crippen LogP) is 4.73. The van der Waals surface area contributed by atoms with E-state index < -0.39 is 0 Å². The number of imidazole rings is 1. The summed E-state index contributed by atoms with van der Waals surface area (Å²) in [5, 5.41) is 1.05. The molecule has 1 aliphatic carbocycles. The van der Waals surface area contributed by atoms with E-state index in [0.29, 0.717) is 21.8 Å². The summed E-state index contributed by atoms with van der Waals surface area (Å²) >= 11 is 12.4. The minimum absolute atomic E-state index is 0.518. The Balaban J connectivity index is 2.14. The highest BCUT2D eigenvalue weighted by atomic mass is 35.5. The number of nitrogens with zero attached hydrogens (tertiary/aromatic N) is 2. The summed E-state index contributed by atoms with van der Waals surface area (Å²) in [6.45, 7) is 3.03. The van der Waals surface area contributed by atoms with Gasteiger partial charge in [-0.05, 0) is 25.3 Å². The van der Waals surface area contributed by atoms with E-state index in [4.69, 9.17) is 33.9 Å². The molecule has 0 bridgehead atoms. The van der Waals surface area contributed by atoms with Gasteiger partial charge in [0.25, 0.3) is 0 Å². The highest BCUT2D eigenvalue weighted by molar-refractivity contribution is 6.43. The lowest BCUT2D eigenvalue weighted by molar-refractivity contribution is 0.646. The van der Waals surface area contributed by atoms with Crippen molar-refractivity contribution in [3.8, 4) is 11.3 Å². The van der Waals surface area contributed by atoms with Gasteiger partial charge in [-0.2, -0.15) is 0 Å². The number of nitrogen functional groups attached to an aromatic ring is 1. The van der Waals surface area contributed by atoms with Gasteiger partial charge in [0, 0.05) is 18.0 Å². The van der Waals surface area contributed by atoms with Crippen LogP contribution >= 0.6 is 23.2 Å². The lowest BCUT2D eigenvalue weighted by Gasteiger charge is -2.08. The summed E-state index contributed by atoms with van der Waals surface area (Å²) in [7, 11) is 0. The molecule has 1 saturated carbocycles. The quantitative estimate of drug-likeness (QED) is 0.887. The van der Waals surface area contributed by atoms with Gasteiger partial charge in [-0.15, -0.1) is 0 Å². The predicted molar refractivity (Wildman–Crippen MR) is 84.4 cm³/mol. The van der Waals surface area contributed by atoms with Crippen molar-refractivity contribution in [2.24, 2.45) is 0 Å². The number of rotatable bonds is 4. The van der Waals surface area contributed by atoms with Gasteiger partial charge in [0.15, 0.2) is 0 Å². The standard InChI is InChI=1S/C15H17Cl2N3/c1-2-8-20-14(18)13(19-15(20)9-6-7-9)10-4-3-5-11(16)12(10)17/h3-5,9H,2,6-8,18H2,1H3. The van der Waals surface area contributed by atoms with Crippen LogP contribution in [0.15, 0.2) is 18.2 Å². The first-order chi connectivity index (χ1) is 9.63. The first-order valence-electron chi connectivity index (χ1n) is 6.93. The van der Waals surface area contributed by atoms with E-state index in [1.165, 1.54) is 12.8 Å². The molecule has 0 unspecified atom stereocenters. The maximum Gasteiger partial charge on any atom is 0.131 e. The molecule has 2 N–H and O–H groups in total. The third-order valence-corrected chi connectivity index (χ3v) is 4.45. The molecule has 1 aliphatic rings. The summed E-state index contributed by atoms with van der Waals surface area (Å²) < 4.78 is 2.13. The lowest BCUT2D eigenvalue weighted by Crippen LogP contribution is -2.06. The lowest BCUT2D eigenvalue weighted by atomic mass is 10.1. The highest BCUT2D eigenvalue weighted by Crippen LogP contribution is 2.43. The van der Waals surface area contributed by atoms with Gasteiger partial charge in [0.2, 0.25) is 0 Å². The molecule has 0 radical (unpaired) electrons. The van der Waals surface area contributed by atoms with Crippen LogP contribution in [0.5, 0.6) is 0 Å². The molecule has 2 aromatic rings. The van der Waals surface area contributed by atoms with Gasteiger partial charge in [-0.25, -0.2) is 4.98 Å². The van der Waals surface area contributed by atoms with Crippen molar-refractivity contribution in [1.82, 2.24) is 9.55 Å². The normalized spacial score (nSPS) is 14.8. The summed E-state index contributed by atoms with van der Waals surface area (Å²) in [6, 6.07) is 5.56. The number of hydrogen-bond acceptors (Lipinski definition) is 2. The largest absolute Gasteiger partial charge is 0.383 e. The van der Waals surface area contributed by atoms with E-state index in [1.807, 2.05) is 12.1 Å². The molecule has 106 valence electrons. The second kappa shape index (κ2) is 5.30. The minimum atomic E-state index is 0.518. The van der Waals surface area contributed by atoms with Crippen LogP contribution in [0, 0.1) is 0 Å². The zero-order chi connectivity index (χ0) is 14.3. The SMILES string of the molecule is CCCn1c(C2CC2)nc(-c2cccc(Cl)c2Cl)c1N. The van der Waals surface area contributed by atoms with E-state index in [2.05, 4.69) is 11.5 Å². The Bertz CT molecular complexity index is 645. The van der Waals surface area contributed by atoms with Crippen LogP contribution in [-0.4, -0.2) is 9.55 Å². The molecule has 0 atom stereocenters. The van der Waals surface area contributed by atoms with Crippen molar-refractivity contribution in [3.63, 3.8) is 0 Å². The van der Waals surface area contributed by atoms with E-state index in [0.717, 1.165) is 30.0 Å². The summed E-state index contributed by atoms with van der Waals surface area (Å²) in [4.78, 5) is 4.76. The van der Waals surface area contributed by atoms with E-state index in [1.54, 1.807) is 6.07 Å². The Hall–Kier alpha value is -1.19. The van der Waals surface area contributed by atoms with Crippen molar-refractivity contribution in [2.75, 3.05) is 5.73 Å². The fourth-order valence-electron chi connectivity index (χ4n) is 2.48. The molecule has 1 aromatic heterocycles. The Morgan fingerprint density at radius 3 is 2.75 bits per heavy atom. The van der Waals surface area contributed by atoms with Crippen LogP contribution in [0.25, 0.3) is 11.3 Å². The molecule has 3 nitrogen and oxygen atoms in total. The second-order valence-electron chi connectivity index (χ2n) is 5.23. The van der Waals surface area contributed by atoms with Crippen LogP contribution in [0.3, 0.4) is 0 Å². The molecule has 1 aromatic carbocycles. The van der Waals surface area contributed by atoms with E-state index in [-0.39, 0.29) is 0 Å². The van der Waals surface area contributed by atoms with Gasteiger partial charge in [0.05, 0.1) is 10.0 Å². The molecule has 3 rings (SSSR count). The molecule has 0 spiro atoms. The topological polar surface area (TPSA) is 43.8 Å². The Labute approximate surface area is 128 Å². The van der Waals surface area contributed by atoms with Crippen LogP contribution in [0.4, 0.5) is 5.82 Å². The van der Waals surface area contributed by atoms with Crippen molar-refractivity contribution < 1.29 is 0 Å². The first kappa shape index (κ1) is 13.8. The first-order valence-corrected chi connectivity index (χ1v) is 7.69. The van der Waals surface area contributed by atoms with Crippen LogP contribution in [0.2, 0.25) is 10.0 Å². The summed E-state index contributed by atoms with van der Waals surface area (Å²) in [5.74, 6) is 2.34. The third kappa shape index (κ3) is 2.29. The van der Waals surface area contributed by atoms with Crippen LogP contribution in [0.1, 0.15) is 37.9 Å². The maximum absolute atomic E-state index is 6.31. The zero-order valence-electron chi connectivity index (χ0n) is 11.4. The monoisotopic (exact) mass is 309 g/mol. The average Bonchev–Trinajstić information content (AvgIpc) is 3.22. The number of nitrogens with two attached hydrogens (primary N) is 1. The van der Waals surface area contributed by atoms with Gasteiger partial charge in [-0.3, -0.25) is 0 Å².